The topological polar surface area (TPSA) is 120 Å². The molecule has 0 unspecified atom stereocenters. The summed E-state index contributed by atoms with van der Waals surface area (Å²) in [6, 6.07) is -0.158. The maximum atomic E-state index is 12.7. The Bertz CT molecular complexity index is 893. The third kappa shape index (κ3) is 4.59. The Morgan fingerprint density at radius 2 is 2.10 bits per heavy atom. The van der Waals surface area contributed by atoms with Gasteiger partial charge in [0.05, 0.1) is 17.8 Å². The molecule has 3 N–H and O–H groups in total. The number of thiazole rings is 1. The van der Waals surface area contributed by atoms with Crippen LogP contribution in [0, 0.1) is 13.8 Å². The fourth-order valence-corrected chi connectivity index (χ4v) is 4.47. The molecule has 0 aliphatic carbocycles. The standard InChI is InChI=1S/C19H27N5O4S/c1-5-12-10(3)20-16(21-12)17(25)22-13-7-8-24(9-14(13)28-6-2)19-23-15(18(26)27)11(4)29-19/h13-14H,5-9H2,1-4H3,(H,20,21)(H,22,25)(H,26,27)/t13-,14+/m1/s1. The van der Waals surface area contributed by atoms with Gasteiger partial charge in [0.15, 0.2) is 16.6 Å². The Balaban J connectivity index is 1.70. The van der Waals surface area contributed by atoms with Gasteiger partial charge in [0, 0.05) is 30.3 Å². The van der Waals surface area contributed by atoms with Crippen molar-refractivity contribution in [3.63, 3.8) is 0 Å². The van der Waals surface area contributed by atoms with Crippen LogP contribution in [0.4, 0.5) is 5.13 Å². The number of carboxylic acids is 1. The van der Waals surface area contributed by atoms with Gasteiger partial charge in [-0.1, -0.05) is 6.92 Å². The number of carbonyl (C=O) groups is 2. The maximum Gasteiger partial charge on any atom is 0.355 e. The molecule has 0 radical (unpaired) electrons. The van der Waals surface area contributed by atoms with E-state index in [9.17, 15) is 14.7 Å². The van der Waals surface area contributed by atoms with Gasteiger partial charge in [-0.15, -0.1) is 11.3 Å². The number of anilines is 1. The van der Waals surface area contributed by atoms with Crippen LogP contribution in [0.2, 0.25) is 0 Å². The van der Waals surface area contributed by atoms with E-state index >= 15 is 0 Å². The summed E-state index contributed by atoms with van der Waals surface area (Å²) in [5, 5.41) is 13.0. The largest absolute Gasteiger partial charge is 0.476 e. The molecule has 2 aromatic heterocycles. The van der Waals surface area contributed by atoms with Crippen LogP contribution >= 0.6 is 11.3 Å². The van der Waals surface area contributed by atoms with Crippen molar-refractivity contribution in [1.29, 1.82) is 0 Å². The van der Waals surface area contributed by atoms with E-state index < -0.39 is 5.97 Å². The van der Waals surface area contributed by atoms with Crippen LogP contribution in [-0.4, -0.2) is 63.8 Å². The predicted molar refractivity (Wildman–Crippen MR) is 110 cm³/mol. The molecule has 0 spiro atoms. The summed E-state index contributed by atoms with van der Waals surface area (Å²) in [4.78, 5) is 38.3. The fraction of sp³-hybridized carbons (Fsp3) is 0.579. The Morgan fingerprint density at radius 3 is 2.69 bits per heavy atom. The third-order valence-corrected chi connectivity index (χ3v) is 6.10. The average molecular weight is 422 g/mol. The number of ether oxygens (including phenoxy) is 1. The molecule has 9 nitrogen and oxygen atoms in total. The molecule has 158 valence electrons. The third-order valence-electron chi connectivity index (χ3n) is 5.07. The number of nitrogens with zero attached hydrogens (tertiary/aromatic N) is 3. The van der Waals surface area contributed by atoms with Crippen LogP contribution < -0.4 is 10.2 Å². The minimum atomic E-state index is -1.02. The van der Waals surface area contributed by atoms with Crippen LogP contribution in [0.3, 0.4) is 0 Å². The minimum absolute atomic E-state index is 0.0910. The molecule has 10 heteroatoms. The molecule has 2 aromatic rings. The molecule has 3 rings (SSSR count). The highest BCUT2D eigenvalue weighted by Gasteiger charge is 2.33. The smallest absolute Gasteiger partial charge is 0.355 e. The van der Waals surface area contributed by atoms with Crippen LogP contribution in [0.5, 0.6) is 0 Å². The molecule has 1 amide bonds. The van der Waals surface area contributed by atoms with E-state index in [0.29, 0.717) is 42.0 Å². The number of nitrogens with one attached hydrogen (secondary N) is 2. The van der Waals surface area contributed by atoms with Gasteiger partial charge < -0.3 is 25.0 Å². The molecule has 29 heavy (non-hydrogen) atoms. The highest BCUT2D eigenvalue weighted by atomic mass is 32.1. The molecular weight excluding hydrogens is 394 g/mol. The van der Waals surface area contributed by atoms with E-state index in [1.165, 1.54) is 11.3 Å². The van der Waals surface area contributed by atoms with Crippen LogP contribution in [0.25, 0.3) is 0 Å². The first-order valence-electron chi connectivity index (χ1n) is 9.77. The van der Waals surface area contributed by atoms with Gasteiger partial charge >= 0.3 is 5.97 Å². The molecule has 1 saturated heterocycles. The normalized spacial score (nSPS) is 19.4. The Morgan fingerprint density at radius 1 is 1.34 bits per heavy atom. The molecule has 0 saturated carbocycles. The summed E-state index contributed by atoms with van der Waals surface area (Å²) in [6.45, 7) is 9.26. The number of H-pyrrole nitrogens is 1. The number of piperidine rings is 1. The van der Waals surface area contributed by atoms with Gasteiger partial charge in [0.1, 0.15) is 0 Å². The molecule has 1 aliphatic rings. The monoisotopic (exact) mass is 421 g/mol. The number of aryl methyl sites for hydroxylation is 3. The van der Waals surface area contributed by atoms with Gasteiger partial charge in [-0.3, -0.25) is 4.79 Å². The van der Waals surface area contributed by atoms with E-state index in [2.05, 4.69) is 20.3 Å². The molecule has 2 atom stereocenters. The number of hydrogen-bond acceptors (Lipinski definition) is 7. The summed E-state index contributed by atoms with van der Waals surface area (Å²) in [6.07, 6.45) is 1.23. The molecule has 1 fully saturated rings. The van der Waals surface area contributed by atoms with Crippen molar-refractivity contribution in [2.75, 3.05) is 24.6 Å². The second kappa shape index (κ2) is 8.91. The summed E-state index contributed by atoms with van der Waals surface area (Å²) >= 11 is 1.36. The highest BCUT2D eigenvalue weighted by Crippen LogP contribution is 2.29. The Kier molecular flexibility index (Phi) is 6.53. The molecule has 0 bridgehead atoms. The molecule has 1 aliphatic heterocycles. The summed E-state index contributed by atoms with van der Waals surface area (Å²) in [5.41, 5.74) is 1.88. The van der Waals surface area contributed by atoms with Crippen molar-refractivity contribution >= 4 is 28.3 Å². The molecule has 3 heterocycles. The van der Waals surface area contributed by atoms with Gasteiger partial charge in [0.25, 0.3) is 5.91 Å². The summed E-state index contributed by atoms with van der Waals surface area (Å²) < 4.78 is 5.89. The van der Waals surface area contributed by atoms with E-state index in [0.717, 1.165) is 17.8 Å². The first kappa shape index (κ1) is 21.3. The average Bonchev–Trinajstić information content (AvgIpc) is 3.26. The maximum absolute atomic E-state index is 12.7. The lowest BCUT2D eigenvalue weighted by Gasteiger charge is -2.38. The zero-order chi connectivity index (χ0) is 21.1. The summed E-state index contributed by atoms with van der Waals surface area (Å²) in [7, 11) is 0. The number of imidazole rings is 1. The van der Waals surface area contributed by atoms with Crippen LogP contribution in [0.1, 0.15) is 57.6 Å². The van der Waals surface area contributed by atoms with Crippen molar-refractivity contribution in [2.24, 2.45) is 0 Å². The second-order valence-electron chi connectivity index (χ2n) is 7.02. The van der Waals surface area contributed by atoms with Gasteiger partial charge in [0.2, 0.25) is 0 Å². The van der Waals surface area contributed by atoms with Crippen LogP contribution in [0.15, 0.2) is 0 Å². The highest BCUT2D eigenvalue weighted by molar-refractivity contribution is 7.15. The number of hydrogen-bond donors (Lipinski definition) is 3. The number of aromatic carboxylic acids is 1. The van der Waals surface area contributed by atoms with Gasteiger partial charge in [-0.2, -0.15) is 0 Å². The predicted octanol–water partition coefficient (Wildman–Crippen LogP) is 2.16. The minimum Gasteiger partial charge on any atom is -0.476 e. The quantitative estimate of drug-likeness (QED) is 0.626. The lowest BCUT2D eigenvalue weighted by molar-refractivity contribution is 0.0271. The second-order valence-corrected chi connectivity index (χ2v) is 8.20. The lowest BCUT2D eigenvalue weighted by atomic mass is 10.0. The number of carbonyl (C=O) groups excluding carboxylic acids is 1. The number of aromatic amines is 1. The number of aromatic nitrogens is 3. The van der Waals surface area contributed by atoms with Crippen molar-refractivity contribution in [1.82, 2.24) is 20.3 Å². The number of carboxylic acid groups (broad SMARTS) is 1. The van der Waals surface area contributed by atoms with Crippen molar-refractivity contribution < 1.29 is 19.4 Å². The van der Waals surface area contributed by atoms with E-state index in [4.69, 9.17) is 4.74 Å². The van der Waals surface area contributed by atoms with Gasteiger partial charge in [-0.25, -0.2) is 14.8 Å². The number of amides is 1. The zero-order valence-corrected chi connectivity index (χ0v) is 17.9. The van der Waals surface area contributed by atoms with E-state index in [-0.39, 0.29) is 23.7 Å². The van der Waals surface area contributed by atoms with E-state index in [1.54, 1.807) is 6.92 Å². The Labute approximate surface area is 173 Å². The molecular formula is C19H27N5O4S. The van der Waals surface area contributed by atoms with Crippen molar-refractivity contribution in [3.8, 4) is 0 Å². The lowest BCUT2D eigenvalue weighted by Crippen LogP contribution is -2.55. The Hall–Kier alpha value is -2.46. The van der Waals surface area contributed by atoms with Crippen LogP contribution in [-0.2, 0) is 11.2 Å². The fourth-order valence-electron chi connectivity index (χ4n) is 3.54. The van der Waals surface area contributed by atoms with Crippen molar-refractivity contribution in [3.05, 3.63) is 27.8 Å². The van der Waals surface area contributed by atoms with E-state index in [1.807, 2.05) is 25.7 Å². The molecule has 0 aromatic carbocycles. The first-order chi connectivity index (χ1) is 13.8. The SMILES string of the molecule is CCO[C@H]1CN(c2nc(C(=O)O)c(C)s2)CC[C@H]1NC(=O)c1nc(C)c(CC)[nH]1. The first-order valence-corrected chi connectivity index (χ1v) is 10.6. The number of rotatable bonds is 7. The zero-order valence-electron chi connectivity index (χ0n) is 17.1. The van der Waals surface area contributed by atoms with Gasteiger partial charge in [-0.05, 0) is 33.6 Å². The summed E-state index contributed by atoms with van der Waals surface area (Å²) in [5.74, 6) is -0.943. The van der Waals surface area contributed by atoms with Crippen molar-refractivity contribution in [2.45, 2.75) is 52.7 Å².